The molecule has 0 fully saturated rings. The summed E-state index contributed by atoms with van der Waals surface area (Å²) in [5, 5.41) is 14.8. The van der Waals surface area contributed by atoms with Crippen molar-refractivity contribution in [2.24, 2.45) is 0 Å². The number of nitrogens with zero attached hydrogens (tertiary/aromatic N) is 4. The van der Waals surface area contributed by atoms with Gasteiger partial charge >= 0.3 is 212 Å². The molecule has 8 nitrogen and oxygen atoms in total. The van der Waals surface area contributed by atoms with E-state index in [2.05, 4.69) is 164 Å². The molecular weight excluding hydrogens is 635 g/mol. The van der Waals surface area contributed by atoms with Gasteiger partial charge in [-0.1, -0.05) is 0 Å². The van der Waals surface area contributed by atoms with Crippen molar-refractivity contribution < 1.29 is 36.9 Å². The average Bonchev–Trinajstić information content (AvgIpc) is 3.63. The topological polar surface area (TPSA) is 94.3 Å². The fraction of sp³-hybridized carbons (Fsp3) is 0.0588. The molecule has 2 aromatic heterocycles. The molecule has 0 bridgehead atoms. The van der Waals surface area contributed by atoms with Crippen LogP contribution in [0.5, 0.6) is 0 Å². The van der Waals surface area contributed by atoms with Crippen molar-refractivity contribution in [3.05, 3.63) is 154 Å². The summed E-state index contributed by atoms with van der Waals surface area (Å²) in [5.41, 5.74) is 4.61. The van der Waals surface area contributed by atoms with Crippen LogP contribution in [0.2, 0.25) is 0 Å². The number of aliphatic carboxylic acids is 2. The number of carbonyl (C=O) groups is 2. The Labute approximate surface area is 256 Å². The third-order valence-electron chi connectivity index (χ3n) is 5.74. The Morgan fingerprint density at radius 3 is 0.814 bits per heavy atom. The number of carboxylic acids is 2. The van der Waals surface area contributed by atoms with Gasteiger partial charge in [0.2, 0.25) is 0 Å². The van der Waals surface area contributed by atoms with Gasteiger partial charge in [0.1, 0.15) is 0 Å². The van der Waals surface area contributed by atoms with Gasteiger partial charge in [0, 0.05) is 13.8 Å². The Balaban J connectivity index is 0.000000474. The standard InChI is InChI=1S/2C15H12N2.2C2H4O2.Pd/c2*1-3-7-14(8-4-1)16-11-12-17(13-16)15-9-5-2-6-10-15;2*1-2(3)4;/h2*1-12H;2*1H3,(H,3,4);. The monoisotopic (exact) mass is 666 g/mol. The molecule has 0 amide bonds. The SMILES string of the molecule is CC(=O)O.CC(=O)O.c1ccc(-n2ccn(-c3ccccc3)[c]2=[Pd]=[c]2n(-c3ccccc3)ccn2-c2ccccc2)cc1. The van der Waals surface area contributed by atoms with Crippen molar-refractivity contribution in [1.29, 1.82) is 0 Å². The van der Waals surface area contributed by atoms with Crippen molar-refractivity contribution >= 4 is 11.9 Å². The molecule has 0 aliphatic carbocycles. The molecule has 6 aromatic rings. The van der Waals surface area contributed by atoms with Crippen LogP contribution in [0.1, 0.15) is 13.8 Å². The first-order valence-electron chi connectivity index (χ1n) is 13.3. The summed E-state index contributed by atoms with van der Waals surface area (Å²) in [7, 11) is 0. The van der Waals surface area contributed by atoms with Crippen molar-refractivity contribution in [3.8, 4) is 22.7 Å². The zero-order valence-electron chi connectivity index (χ0n) is 23.7. The van der Waals surface area contributed by atoms with Crippen LogP contribution < -0.4 is 0 Å². The normalized spacial score (nSPS) is 10.2. The van der Waals surface area contributed by atoms with E-state index < -0.39 is 11.9 Å². The molecule has 0 radical (unpaired) electrons. The quantitative estimate of drug-likeness (QED) is 0.201. The van der Waals surface area contributed by atoms with Crippen molar-refractivity contribution in [1.82, 2.24) is 18.3 Å². The zero-order valence-corrected chi connectivity index (χ0v) is 25.2. The summed E-state index contributed by atoms with van der Waals surface area (Å²) in [6.45, 7) is 2.17. The molecule has 43 heavy (non-hydrogen) atoms. The van der Waals surface area contributed by atoms with Crippen LogP contribution in [0, 0.1) is 7.78 Å². The second-order valence-electron chi connectivity index (χ2n) is 9.02. The maximum atomic E-state index is 9.00. The minimum absolute atomic E-state index is 0.102. The van der Waals surface area contributed by atoms with E-state index in [1.165, 1.54) is 7.78 Å². The summed E-state index contributed by atoms with van der Waals surface area (Å²) in [6, 6.07) is 42.3. The van der Waals surface area contributed by atoms with Crippen LogP contribution in [0.25, 0.3) is 22.7 Å². The zero-order chi connectivity index (χ0) is 30.6. The first-order chi connectivity index (χ1) is 20.8. The van der Waals surface area contributed by atoms with E-state index in [0.717, 1.165) is 36.6 Å². The Morgan fingerprint density at radius 2 is 0.628 bits per heavy atom. The van der Waals surface area contributed by atoms with Gasteiger partial charge < -0.3 is 10.2 Å². The van der Waals surface area contributed by atoms with E-state index in [1.54, 1.807) is 0 Å². The Hall–Kier alpha value is -5.10. The predicted molar refractivity (Wildman–Crippen MR) is 163 cm³/mol. The molecule has 0 atom stereocenters. The molecular formula is C34H32N4O4Pd. The molecule has 4 aromatic carbocycles. The fourth-order valence-corrected chi connectivity index (χ4v) is 6.36. The van der Waals surface area contributed by atoms with E-state index in [9.17, 15) is 0 Å². The molecule has 0 saturated carbocycles. The van der Waals surface area contributed by atoms with Crippen molar-refractivity contribution in [2.75, 3.05) is 0 Å². The summed E-state index contributed by atoms with van der Waals surface area (Å²) < 4.78 is 11.7. The number of aromatic nitrogens is 4. The van der Waals surface area contributed by atoms with Crippen LogP contribution in [-0.4, -0.2) is 40.4 Å². The Kier molecular flexibility index (Phi) is 10.9. The summed E-state index contributed by atoms with van der Waals surface area (Å²) in [6.07, 6.45) is 8.66. The molecule has 0 unspecified atom stereocenters. The van der Waals surface area contributed by atoms with Gasteiger partial charge in [-0.05, 0) is 0 Å². The van der Waals surface area contributed by atoms with Crippen LogP contribution in [0.15, 0.2) is 146 Å². The third kappa shape index (κ3) is 8.46. The van der Waals surface area contributed by atoms with Crippen LogP contribution in [0.3, 0.4) is 0 Å². The van der Waals surface area contributed by atoms with E-state index in [4.69, 9.17) is 19.8 Å². The summed E-state index contributed by atoms with van der Waals surface area (Å²) >= 11 is 0.102. The molecule has 2 heterocycles. The molecule has 9 heteroatoms. The van der Waals surface area contributed by atoms with Crippen LogP contribution in [-0.2, 0) is 26.7 Å². The molecule has 0 aliphatic rings. The summed E-state index contributed by atoms with van der Waals surface area (Å²) in [4.78, 5) is 18.0. The van der Waals surface area contributed by atoms with Crippen LogP contribution >= 0.6 is 0 Å². The second kappa shape index (κ2) is 15.2. The Bertz CT molecular complexity index is 1650. The number of imidazole rings is 2. The van der Waals surface area contributed by atoms with E-state index in [-0.39, 0.29) is 17.1 Å². The summed E-state index contributed by atoms with van der Waals surface area (Å²) in [5.74, 6) is -1.67. The van der Waals surface area contributed by atoms with E-state index in [1.807, 2.05) is 0 Å². The molecule has 0 aliphatic heterocycles. The average molecular weight is 667 g/mol. The van der Waals surface area contributed by atoms with Gasteiger partial charge in [-0.3, -0.25) is 9.59 Å². The Morgan fingerprint density at radius 1 is 0.442 bits per heavy atom. The number of hydrogen-bond donors (Lipinski definition) is 2. The van der Waals surface area contributed by atoms with E-state index >= 15 is 0 Å². The number of hydrogen-bond acceptors (Lipinski definition) is 2. The molecule has 0 spiro atoms. The van der Waals surface area contributed by atoms with Gasteiger partial charge in [-0.15, -0.1) is 0 Å². The minimum atomic E-state index is -0.833. The second-order valence-corrected chi connectivity index (χ2v) is 10.8. The van der Waals surface area contributed by atoms with Gasteiger partial charge in [0.05, 0.1) is 0 Å². The van der Waals surface area contributed by atoms with Crippen molar-refractivity contribution in [2.45, 2.75) is 13.8 Å². The van der Waals surface area contributed by atoms with Crippen molar-refractivity contribution in [3.63, 3.8) is 0 Å². The van der Waals surface area contributed by atoms with Gasteiger partial charge in [-0.2, -0.15) is 0 Å². The first-order valence-corrected chi connectivity index (χ1v) is 14.9. The number of benzene rings is 4. The molecule has 0 saturated heterocycles. The first kappa shape index (κ1) is 30.9. The predicted octanol–water partition coefficient (Wildman–Crippen LogP) is 6.88. The number of rotatable bonds is 4. The third-order valence-corrected chi connectivity index (χ3v) is 7.94. The molecule has 222 valence electrons. The fourth-order valence-electron chi connectivity index (χ4n) is 4.03. The van der Waals surface area contributed by atoms with E-state index in [0.29, 0.717) is 0 Å². The molecule has 6 rings (SSSR count). The number of para-hydroxylation sites is 4. The van der Waals surface area contributed by atoms with Crippen LogP contribution in [0.4, 0.5) is 0 Å². The maximum absolute atomic E-state index is 9.00. The number of carboxylic acid groups (broad SMARTS) is 2. The molecule has 2 N–H and O–H groups in total. The van der Waals surface area contributed by atoms with Gasteiger partial charge in [-0.25, -0.2) is 0 Å². The van der Waals surface area contributed by atoms with Gasteiger partial charge in [0.25, 0.3) is 11.9 Å². The van der Waals surface area contributed by atoms with Gasteiger partial charge in [0.15, 0.2) is 0 Å².